The van der Waals surface area contributed by atoms with E-state index in [4.69, 9.17) is 9.26 Å². The van der Waals surface area contributed by atoms with Crippen molar-refractivity contribution in [2.24, 2.45) is 0 Å². The second-order valence-corrected chi connectivity index (χ2v) is 6.85. The quantitative estimate of drug-likeness (QED) is 0.825. The first-order valence-electron chi connectivity index (χ1n) is 9.24. The van der Waals surface area contributed by atoms with Gasteiger partial charge in [-0.25, -0.2) is 0 Å². The van der Waals surface area contributed by atoms with Crippen LogP contribution in [0.1, 0.15) is 47.1 Å². The van der Waals surface area contributed by atoms with Crippen LogP contribution in [-0.2, 0) is 6.61 Å². The average molecular weight is 357 g/mol. The number of benzene rings is 1. The maximum Gasteiger partial charge on any atom is 0.273 e. The highest BCUT2D eigenvalue weighted by atomic mass is 16.5. The zero-order chi connectivity index (χ0) is 18.5. The predicted octanol–water partition coefficient (Wildman–Crippen LogP) is 3.08. The summed E-state index contributed by atoms with van der Waals surface area (Å²) in [4.78, 5) is 14.7. The Morgan fingerprint density at radius 1 is 1.35 bits per heavy atom. The van der Waals surface area contributed by atoms with E-state index in [0.29, 0.717) is 24.0 Å². The fourth-order valence-electron chi connectivity index (χ4n) is 3.29. The summed E-state index contributed by atoms with van der Waals surface area (Å²) in [5.74, 6) is 1.11. The van der Waals surface area contributed by atoms with Gasteiger partial charge in [-0.3, -0.25) is 9.69 Å². The molecule has 1 aromatic heterocycles. The lowest BCUT2D eigenvalue weighted by Gasteiger charge is -2.22. The van der Waals surface area contributed by atoms with E-state index in [0.717, 1.165) is 25.3 Å². The summed E-state index contributed by atoms with van der Waals surface area (Å²) in [6.45, 7) is 9.28. The number of ether oxygens (including phenoxy) is 1. The van der Waals surface area contributed by atoms with Crippen molar-refractivity contribution in [1.82, 2.24) is 15.4 Å². The average Bonchev–Trinajstić information content (AvgIpc) is 3.29. The first-order valence-corrected chi connectivity index (χ1v) is 9.24. The Bertz CT molecular complexity index is 757. The third kappa shape index (κ3) is 4.43. The Labute approximate surface area is 154 Å². The van der Waals surface area contributed by atoms with Gasteiger partial charge in [-0.1, -0.05) is 18.1 Å². The van der Waals surface area contributed by atoms with E-state index >= 15 is 0 Å². The molecule has 3 rings (SSSR count). The molecule has 26 heavy (non-hydrogen) atoms. The van der Waals surface area contributed by atoms with Crippen LogP contribution in [0.15, 0.2) is 28.8 Å². The van der Waals surface area contributed by atoms with E-state index in [1.165, 1.54) is 17.5 Å². The topological polar surface area (TPSA) is 67.6 Å². The lowest BCUT2D eigenvalue weighted by atomic mass is 10.1. The van der Waals surface area contributed by atoms with Gasteiger partial charge in [0, 0.05) is 18.7 Å². The smallest absolute Gasteiger partial charge is 0.273 e. The number of aryl methyl sites for hydroxylation is 2. The number of nitrogens with zero attached hydrogens (tertiary/aromatic N) is 2. The van der Waals surface area contributed by atoms with Crippen molar-refractivity contribution in [3.63, 3.8) is 0 Å². The van der Waals surface area contributed by atoms with Crippen molar-refractivity contribution < 1.29 is 14.1 Å². The first kappa shape index (κ1) is 18.5. The number of nitrogens with one attached hydrogen (secondary N) is 1. The Morgan fingerprint density at radius 2 is 2.19 bits per heavy atom. The molecule has 2 aromatic rings. The molecule has 1 N–H and O–H groups in total. The van der Waals surface area contributed by atoms with E-state index in [9.17, 15) is 4.79 Å². The van der Waals surface area contributed by atoms with Gasteiger partial charge in [-0.05, 0) is 63.0 Å². The van der Waals surface area contributed by atoms with Crippen LogP contribution in [0.5, 0.6) is 5.75 Å². The predicted molar refractivity (Wildman–Crippen MR) is 99.4 cm³/mol. The van der Waals surface area contributed by atoms with Gasteiger partial charge in [0.15, 0.2) is 11.5 Å². The Hall–Kier alpha value is -2.34. The van der Waals surface area contributed by atoms with Crippen LogP contribution in [0.25, 0.3) is 0 Å². The lowest BCUT2D eigenvalue weighted by Crippen LogP contribution is -2.40. The summed E-state index contributed by atoms with van der Waals surface area (Å²) in [5.41, 5.74) is 2.69. The molecule has 6 heteroatoms. The number of hydrogen-bond donors (Lipinski definition) is 1. The zero-order valence-electron chi connectivity index (χ0n) is 15.7. The first-order chi connectivity index (χ1) is 12.6. The molecule has 0 aliphatic carbocycles. The molecule has 0 unspecified atom stereocenters. The number of likely N-dealkylation sites (tertiary alicyclic amines) is 1. The minimum atomic E-state index is -0.200. The molecule has 1 aromatic carbocycles. The number of likely N-dealkylation sites (N-methyl/N-ethyl adjacent to an activating group) is 1. The summed E-state index contributed by atoms with van der Waals surface area (Å²) < 4.78 is 10.9. The minimum Gasteiger partial charge on any atom is -0.486 e. The SMILES string of the molecule is CCN1CCC[C@@H]1CNC(=O)c1cc(COc2ccc(C)c(C)c2)on1. The number of amides is 1. The summed E-state index contributed by atoms with van der Waals surface area (Å²) >= 11 is 0. The van der Waals surface area contributed by atoms with Crippen molar-refractivity contribution in [2.45, 2.75) is 46.3 Å². The number of carbonyl (C=O) groups excluding carboxylic acids is 1. The number of carbonyl (C=O) groups is 1. The fraction of sp³-hybridized carbons (Fsp3) is 0.500. The third-order valence-electron chi connectivity index (χ3n) is 5.05. The Kier molecular flexibility index (Phi) is 5.93. The van der Waals surface area contributed by atoms with Crippen LogP contribution in [0.4, 0.5) is 0 Å². The van der Waals surface area contributed by atoms with E-state index in [1.807, 2.05) is 25.1 Å². The molecule has 1 atom stereocenters. The highest BCUT2D eigenvalue weighted by Crippen LogP contribution is 2.18. The fourth-order valence-corrected chi connectivity index (χ4v) is 3.29. The van der Waals surface area contributed by atoms with Crippen LogP contribution < -0.4 is 10.1 Å². The standard InChI is InChI=1S/C20H27N3O3/c1-4-23-9-5-6-16(23)12-21-20(24)19-11-18(26-22-19)13-25-17-8-7-14(2)15(3)10-17/h7-8,10-11,16H,4-6,9,12-13H2,1-3H3,(H,21,24)/t16-/m1/s1. The molecular weight excluding hydrogens is 330 g/mol. The summed E-state index contributed by atoms with van der Waals surface area (Å²) in [5, 5.41) is 6.83. The van der Waals surface area contributed by atoms with Gasteiger partial charge >= 0.3 is 0 Å². The lowest BCUT2D eigenvalue weighted by molar-refractivity contribution is 0.0932. The molecule has 1 aliphatic heterocycles. The molecule has 0 bridgehead atoms. The van der Waals surface area contributed by atoms with Crippen molar-refractivity contribution in [3.8, 4) is 5.75 Å². The van der Waals surface area contributed by atoms with Gasteiger partial charge in [0.25, 0.3) is 5.91 Å². The second-order valence-electron chi connectivity index (χ2n) is 6.85. The molecular formula is C20H27N3O3. The normalized spacial score (nSPS) is 17.4. The van der Waals surface area contributed by atoms with Crippen LogP contribution in [0, 0.1) is 13.8 Å². The molecule has 0 saturated carbocycles. The molecule has 1 aliphatic rings. The van der Waals surface area contributed by atoms with Gasteiger partial charge < -0.3 is 14.6 Å². The molecule has 1 saturated heterocycles. The molecule has 0 spiro atoms. The zero-order valence-corrected chi connectivity index (χ0v) is 15.7. The van der Waals surface area contributed by atoms with Crippen LogP contribution in [0.3, 0.4) is 0 Å². The maximum atomic E-state index is 12.3. The molecule has 2 heterocycles. The summed E-state index contributed by atoms with van der Waals surface area (Å²) in [7, 11) is 0. The Morgan fingerprint density at radius 3 is 2.96 bits per heavy atom. The van der Waals surface area contributed by atoms with Gasteiger partial charge in [-0.15, -0.1) is 0 Å². The second kappa shape index (κ2) is 8.36. The van der Waals surface area contributed by atoms with E-state index in [2.05, 4.69) is 29.2 Å². The highest BCUT2D eigenvalue weighted by molar-refractivity contribution is 5.92. The molecule has 1 amide bonds. The van der Waals surface area contributed by atoms with E-state index in [1.54, 1.807) is 6.07 Å². The molecule has 6 nitrogen and oxygen atoms in total. The summed E-state index contributed by atoms with van der Waals surface area (Å²) in [6, 6.07) is 7.99. The highest BCUT2D eigenvalue weighted by Gasteiger charge is 2.24. The van der Waals surface area contributed by atoms with E-state index < -0.39 is 0 Å². The monoisotopic (exact) mass is 357 g/mol. The largest absolute Gasteiger partial charge is 0.486 e. The molecule has 0 radical (unpaired) electrons. The number of hydrogen-bond acceptors (Lipinski definition) is 5. The van der Waals surface area contributed by atoms with Crippen LogP contribution >= 0.6 is 0 Å². The van der Waals surface area contributed by atoms with E-state index in [-0.39, 0.29) is 12.5 Å². The number of rotatable bonds is 7. The van der Waals surface area contributed by atoms with Crippen LogP contribution in [-0.4, -0.2) is 41.6 Å². The molecule has 1 fully saturated rings. The minimum absolute atomic E-state index is 0.200. The van der Waals surface area contributed by atoms with Gasteiger partial charge in [0.05, 0.1) is 0 Å². The molecule has 140 valence electrons. The van der Waals surface area contributed by atoms with Crippen molar-refractivity contribution >= 4 is 5.91 Å². The van der Waals surface area contributed by atoms with Gasteiger partial charge in [-0.2, -0.15) is 0 Å². The van der Waals surface area contributed by atoms with Crippen molar-refractivity contribution in [2.75, 3.05) is 19.6 Å². The maximum absolute atomic E-state index is 12.3. The van der Waals surface area contributed by atoms with Crippen molar-refractivity contribution in [3.05, 3.63) is 46.8 Å². The van der Waals surface area contributed by atoms with Crippen molar-refractivity contribution in [1.29, 1.82) is 0 Å². The number of aromatic nitrogens is 1. The van der Waals surface area contributed by atoms with Crippen LogP contribution in [0.2, 0.25) is 0 Å². The Balaban J connectivity index is 1.50. The summed E-state index contributed by atoms with van der Waals surface area (Å²) in [6.07, 6.45) is 2.32. The van der Waals surface area contributed by atoms with Gasteiger partial charge in [0.1, 0.15) is 12.4 Å². The van der Waals surface area contributed by atoms with Gasteiger partial charge in [0.2, 0.25) is 0 Å². The third-order valence-corrected chi connectivity index (χ3v) is 5.05.